The number of hydrogen-bond acceptors (Lipinski definition) is 4. The average molecular weight is 271 g/mol. The highest BCUT2D eigenvalue weighted by Crippen LogP contribution is 2.14. The van der Waals surface area contributed by atoms with E-state index in [-0.39, 0.29) is 5.76 Å². The number of carbonyl (C=O) groups is 1. The van der Waals surface area contributed by atoms with E-state index < -0.39 is 5.97 Å². The first-order chi connectivity index (χ1) is 8.65. The molecule has 2 N–H and O–H groups in total. The van der Waals surface area contributed by atoms with Gasteiger partial charge in [0.25, 0.3) is 0 Å². The van der Waals surface area contributed by atoms with Crippen LogP contribution in [0.15, 0.2) is 10.5 Å². The third-order valence-corrected chi connectivity index (χ3v) is 3.45. The molecule has 1 aromatic rings. The van der Waals surface area contributed by atoms with Gasteiger partial charge in [-0.15, -0.1) is 0 Å². The first kappa shape index (κ1) is 15.1. The average Bonchev–Trinajstić information content (AvgIpc) is 2.70. The van der Waals surface area contributed by atoms with Crippen molar-refractivity contribution in [2.24, 2.45) is 0 Å². The Kier molecular flexibility index (Phi) is 6.90. The third-order valence-electron chi connectivity index (χ3n) is 2.75. The van der Waals surface area contributed by atoms with E-state index in [1.807, 2.05) is 11.8 Å². The third kappa shape index (κ3) is 5.14. The molecule has 0 atom stereocenters. The number of carboxylic acids is 1. The van der Waals surface area contributed by atoms with E-state index in [0.717, 1.165) is 18.5 Å². The summed E-state index contributed by atoms with van der Waals surface area (Å²) in [5.41, 5.74) is 0.927. The van der Waals surface area contributed by atoms with Crippen LogP contribution >= 0.6 is 11.8 Å². The number of rotatable bonds is 9. The van der Waals surface area contributed by atoms with Gasteiger partial charge in [0.1, 0.15) is 5.76 Å². The fourth-order valence-electron chi connectivity index (χ4n) is 1.70. The van der Waals surface area contributed by atoms with Crippen molar-refractivity contribution < 1.29 is 14.3 Å². The Labute approximate surface area is 112 Å². The predicted molar refractivity (Wildman–Crippen MR) is 74.3 cm³/mol. The lowest BCUT2D eigenvalue weighted by Crippen LogP contribution is -2.14. The van der Waals surface area contributed by atoms with Crippen LogP contribution in [0, 0.1) is 6.92 Å². The second-order valence-electron chi connectivity index (χ2n) is 4.23. The number of hydrogen-bond donors (Lipinski definition) is 2. The minimum absolute atomic E-state index is 0.0178. The maximum absolute atomic E-state index is 10.7. The van der Waals surface area contributed by atoms with E-state index >= 15 is 0 Å². The molecule has 0 aliphatic heterocycles. The van der Waals surface area contributed by atoms with Crippen LogP contribution in [0.1, 0.15) is 41.1 Å². The molecule has 4 nitrogen and oxygen atoms in total. The van der Waals surface area contributed by atoms with Crippen LogP contribution in [0.2, 0.25) is 0 Å². The first-order valence-corrected chi connectivity index (χ1v) is 7.56. The molecule has 1 heterocycles. The fourth-order valence-corrected chi connectivity index (χ4v) is 2.19. The second-order valence-corrected chi connectivity index (χ2v) is 5.21. The number of aryl methyl sites for hydroxylation is 1. The van der Waals surface area contributed by atoms with Gasteiger partial charge in [-0.2, -0.15) is 11.8 Å². The highest BCUT2D eigenvalue weighted by atomic mass is 32.2. The summed E-state index contributed by atoms with van der Waals surface area (Å²) in [6.45, 7) is 3.43. The van der Waals surface area contributed by atoms with E-state index in [1.54, 1.807) is 13.0 Å². The van der Waals surface area contributed by atoms with Crippen molar-refractivity contribution in [2.75, 3.05) is 18.6 Å². The van der Waals surface area contributed by atoms with Gasteiger partial charge < -0.3 is 14.8 Å². The van der Waals surface area contributed by atoms with Crippen LogP contribution in [0.25, 0.3) is 0 Å². The minimum atomic E-state index is -1.01. The van der Waals surface area contributed by atoms with Crippen molar-refractivity contribution in [1.29, 1.82) is 0 Å². The van der Waals surface area contributed by atoms with Gasteiger partial charge in [-0.3, -0.25) is 0 Å². The zero-order chi connectivity index (χ0) is 13.4. The molecule has 18 heavy (non-hydrogen) atoms. The number of unbranched alkanes of at least 4 members (excludes halogenated alkanes) is 2. The summed E-state index contributed by atoms with van der Waals surface area (Å²) in [6.07, 6.45) is 5.78. The molecular formula is C13H21NO3S. The van der Waals surface area contributed by atoms with Gasteiger partial charge in [-0.1, -0.05) is 6.42 Å². The van der Waals surface area contributed by atoms with Gasteiger partial charge in [-0.25, -0.2) is 4.79 Å². The van der Waals surface area contributed by atoms with Gasteiger partial charge in [0.15, 0.2) is 0 Å². The van der Waals surface area contributed by atoms with E-state index in [1.165, 1.54) is 18.6 Å². The Hall–Kier alpha value is -0.940. The van der Waals surface area contributed by atoms with Gasteiger partial charge in [0.2, 0.25) is 5.76 Å². The number of carboxylic acid groups (broad SMARTS) is 1. The standard InChI is InChI=1S/C13H21NO3S/c1-10-11(8-12(17-10)13(15)16)9-14-6-4-3-5-7-18-2/h8,14H,3-7,9H2,1-2H3,(H,15,16). The van der Waals surface area contributed by atoms with Crippen molar-refractivity contribution in [1.82, 2.24) is 5.32 Å². The van der Waals surface area contributed by atoms with Crippen LogP contribution in [0.4, 0.5) is 0 Å². The molecule has 0 saturated heterocycles. The molecule has 102 valence electrons. The summed E-state index contributed by atoms with van der Waals surface area (Å²) in [7, 11) is 0. The summed E-state index contributed by atoms with van der Waals surface area (Å²) in [5.74, 6) is 0.913. The highest BCUT2D eigenvalue weighted by Gasteiger charge is 2.12. The molecule has 0 radical (unpaired) electrons. The molecule has 1 rings (SSSR count). The van der Waals surface area contributed by atoms with Gasteiger partial charge in [-0.05, 0) is 44.4 Å². The predicted octanol–water partition coefficient (Wildman–Crippen LogP) is 2.91. The van der Waals surface area contributed by atoms with E-state index in [4.69, 9.17) is 9.52 Å². The molecule has 0 saturated carbocycles. The zero-order valence-electron chi connectivity index (χ0n) is 11.0. The largest absolute Gasteiger partial charge is 0.475 e. The number of nitrogens with one attached hydrogen (secondary N) is 1. The lowest BCUT2D eigenvalue weighted by molar-refractivity contribution is 0.0661. The highest BCUT2D eigenvalue weighted by molar-refractivity contribution is 7.98. The fraction of sp³-hybridized carbons (Fsp3) is 0.615. The number of thioether (sulfide) groups is 1. The summed E-state index contributed by atoms with van der Waals surface area (Å²) >= 11 is 1.88. The molecule has 0 unspecified atom stereocenters. The Morgan fingerprint density at radius 3 is 2.83 bits per heavy atom. The molecule has 5 heteroatoms. The molecular weight excluding hydrogens is 250 g/mol. The van der Waals surface area contributed by atoms with Crippen LogP contribution in [-0.2, 0) is 6.54 Å². The number of furan rings is 1. The SMILES string of the molecule is CSCCCCCNCc1cc(C(=O)O)oc1C. The van der Waals surface area contributed by atoms with Gasteiger partial charge in [0, 0.05) is 12.1 Å². The van der Waals surface area contributed by atoms with Crippen molar-refractivity contribution in [2.45, 2.75) is 32.7 Å². The minimum Gasteiger partial charge on any atom is -0.475 e. The lowest BCUT2D eigenvalue weighted by Gasteiger charge is -2.03. The summed E-state index contributed by atoms with van der Waals surface area (Å²) in [4.78, 5) is 10.7. The summed E-state index contributed by atoms with van der Waals surface area (Å²) in [5, 5.41) is 12.1. The summed E-state index contributed by atoms with van der Waals surface area (Å²) in [6, 6.07) is 1.60. The van der Waals surface area contributed by atoms with Crippen molar-refractivity contribution >= 4 is 17.7 Å². The molecule has 0 aliphatic carbocycles. The van der Waals surface area contributed by atoms with E-state index in [9.17, 15) is 4.79 Å². The zero-order valence-corrected chi connectivity index (χ0v) is 11.8. The molecule has 0 fully saturated rings. The van der Waals surface area contributed by atoms with Crippen LogP contribution < -0.4 is 5.32 Å². The van der Waals surface area contributed by atoms with Gasteiger partial charge in [0.05, 0.1) is 0 Å². The van der Waals surface area contributed by atoms with Crippen LogP contribution in [0.5, 0.6) is 0 Å². The normalized spacial score (nSPS) is 10.8. The van der Waals surface area contributed by atoms with Crippen LogP contribution in [0.3, 0.4) is 0 Å². The summed E-state index contributed by atoms with van der Waals surface area (Å²) < 4.78 is 5.14. The Morgan fingerprint density at radius 1 is 1.44 bits per heavy atom. The Balaban J connectivity index is 2.21. The molecule has 0 aliphatic rings. The monoisotopic (exact) mass is 271 g/mol. The Bertz CT molecular complexity index is 376. The molecule has 0 amide bonds. The molecule has 0 aromatic carbocycles. The van der Waals surface area contributed by atoms with Crippen molar-refractivity contribution in [3.8, 4) is 0 Å². The second kappa shape index (κ2) is 8.21. The van der Waals surface area contributed by atoms with E-state index in [2.05, 4.69) is 11.6 Å². The Morgan fingerprint density at radius 2 is 2.22 bits per heavy atom. The van der Waals surface area contributed by atoms with Crippen molar-refractivity contribution in [3.05, 3.63) is 23.2 Å². The maximum Gasteiger partial charge on any atom is 0.371 e. The topological polar surface area (TPSA) is 62.5 Å². The van der Waals surface area contributed by atoms with Crippen molar-refractivity contribution in [3.63, 3.8) is 0 Å². The van der Waals surface area contributed by atoms with Gasteiger partial charge >= 0.3 is 5.97 Å². The molecule has 1 aromatic heterocycles. The first-order valence-electron chi connectivity index (χ1n) is 6.17. The molecule has 0 bridgehead atoms. The molecule has 0 spiro atoms. The van der Waals surface area contributed by atoms with E-state index in [0.29, 0.717) is 12.3 Å². The maximum atomic E-state index is 10.7. The quantitative estimate of drug-likeness (QED) is 0.676. The van der Waals surface area contributed by atoms with Crippen LogP contribution in [-0.4, -0.2) is 29.6 Å². The number of aromatic carboxylic acids is 1. The lowest BCUT2D eigenvalue weighted by atomic mass is 10.2. The smallest absolute Gasteiger partial charge is 0.371 e.